The second kappa shape index (κ2) is 17.2. The van der Waals surface area contributed by atoms with Crippen molar-refractivity contribution in [2.24, 2.45) is 10.3 Å². The molecule has 14 heteroatoms. The maximum atomic E-state index is 11.9. The van der Waals surface area contributed by atoms with E-state index in [2.05, 4.69) is 62.8 Å². The molecule has 2 aromatic heterocycles. The molecule has 0 radical (unpaired) electrons. The molecule has 0 saturated heterocycles. The largest absolute Gasteiger partial charge is 0.410 e. The van der Waals surface area contributed by atoms with Gasteiger partial charge < -0.3 is 31.0 Å². The highest BCUT2D eigenvalue weighted by Gasteiger charge is 2.16. The Balaban J connectivity index is 0.000000230. The van der Waals surface area contributed by atoms with Crippen LogP contribution in [-0.4, -0.2) is 80.7 Å². The van der Waals surface area contributed by atoms with Gasteiger partial charge in [-0.05, 0) is 60.0 Å². The third-order valence-corrected chi connectivity index (χ3v) is 8.34. The highest BCUT2D eigenvalue weighted by Crippen LogP contribution is 2.24. The molecule has 0 bridgehead atoms. The molecule has 0 aliphatic carbocycles. The van der Waals surface area contributed by atoms with Crippen molar-refractivity contribution in [1.29, 1.82) is 0 Å². The first-order valence-corrected chi connectivity index (χ1v) is 17.2. The molecule has 2 aromatic carbocycles. The van der Waals surface area contributed by atoms with E-state index in [9.17, 15) is 9.59 Å². The molecule has 4 aromatic rings. The van der Waals surface area contributed by atoms with E-state index in [-0.39, 0.29) is 36.1 Å². The van der Waals surface area contributed by atoms with Crippen molar-refractivity contribution < 1.29 is 20.0 Å². The molecule has 0 aliphatic rings. The fourth-order valence-corrected chi connectivity index (χ4v) is 5.35. The van der Waals surface area contributed by atoms with Crippen molar-refractivity contribution in [3.05, 3.63) is 68.9 Å². The Labute approximate surface area is 268 Å². The van der Waals surface area contributed by atoms with Gasteiger partial charge in [-0.1, -0.05) is 42.2 Å². The summed E-state index contributed by atoms with van der Waals surface area (Å²) in [5.74, 6) is 0.974. The molecular formula is C28H32Br2N6O4S2. The number of nitrogens with one attached hydrogen (secondary N) is 4. The second-order valence-electron chi connectivity index (χ2n) is 8.95. The van der Waals surface area contributed by atoms with Crippen LogP contribution in [0.25, 0.3) is 21.8 Å². The van der Waals surface area contributed by atoms with Crippen LogP contribution in [0.5, 0.6) is 0 Å². The summed E-state index contributed by atoms with van der Waals surface area (Å²) in [4.78, 5) is 30.2. The van der Waals surface area contributed by atoms with Gasteiger partial charge in [-0.2, -0.15) is 23.5 Å². The number of benzene rings is 2. The van der Waals surface area contributed by atoms with Crippen molar-refractivity contribution in [2.75, 3.05) is 37.1 Å². The summed E-state index contributed by atoms with van der Waals surface area (Å²) in [6, 6.07) is 11.7. The zero-order valence-corrected chi connectivity index (χ0v) is 27.8. The van der Waals surface area contributed by atoms with Crippen molar-refractivity contribution in [3.8, 4) is 0 Å². The normalized spacial score (nSPS) is 11.8. The predicted octanol–water partition coefficient (Wildman–Crippen LogP) is 5.56. The molecule has 0 atom stereocenters. The minimum Gasteiger partial charge on any atom is -0.410 e. The molecule has 224 valence electrons. The number of halogens is 2. The van der Waals surface area contributed by atoms with Gasteiger partial charge in [0.1, 0.15) is 11.4 Å². The molecule has 0 fully saturated rings. The van der Waals surface area contributed by atoms with E-state index in [1.54, 1.807) is 23.5 Å². The number of hydrogen-bond acceptors (Lipinski definition) is 8. The molecular weight excluding hydrogens is 708 g/mol. The Kier molecular flexibility index (Phi) is 13.8. The maximum absolute atomic E-state index is 11.9. The first-order chi connectivity index (χ1) is 20.3. The highest BCUT2D eigenvalue weighted by molar-refractivity contribution is 9.10. The number of oxime groups is 2. The van der Waals surface area contributed by atoms with Gasteiger partial charge in [-0.15, -0.1) is 0 Å². The summed E-state index contributed by atoms with van der Waals surface area (Å²) in [7, 11) is 0. The van der Waals surface area contributed by atoms with Crippen molar-refractivity contribution >= 4 is 100 Å². The quantitative estimate of drug-likeness (QED) is 0.0484. The first kappa shape index (κ1) is 33.6. The average molecular weight is 741 g/mol. The number of hydrogen-bond donors (Lipinski definition) is 6. The third-order valence-electron chi connectivity index (χ3n) is 6.12. The number of fused-ring (bicyclic) bond motifs is 2. The molecule has 42 heavy (non-hydrogen) atoms. The standard InChI is InChI=1S/2C14H16BrN3O2S/c2*1-21-5-4-16-14(19)13(18-20)6-9-8-17-12-3-2-10(15)7-11(9)12/h2*2-3,7-8,17,20H,4-6H2,1H3,(H,16,19)/b2*18-13+. The first-order valence-electron chi connectivity index (χ1n) is 12.8. The summed E-state index contributed by atoms with van der Waals surface area (Å²) in [5, 5.41) is 31.9. The van der Waals surface area contributed by atoms with E-state index in [0.717, 1.165) is 53.4 Å². The lowest BCUT2D eigenvalue weighted by Gasteiger charge is -2.05. The molecule has 0 saturated carbocycles. The van der Waals surface area contributed by atoms with Crippen LogP contribution in [0.15, 0.2) is 68.0 Å². The van der Waals surface area contributed by atoms with Gasteiger partial charge in [0, 0.05) is 80.6 Å². The molecule has 0 unspecified atom stereocenters. The van der Waals surface area contributed by atoms with E-state index >= 15 is 0 Å². The number of nitrogens with zero attached hydrogens (tertiary/aromatic N) is 2. The van der Waals surface area contributed by atoms with Gasteiger partial charge in [0.25, 0.3) is 11.8 Å². The van der Waals surface area contributed by atoms with E-state index in [4.69, 9.17) is 10.4 Å². The molecule has 2 amide bonds. The molecule has 10 nitrogen and oxygen atoms in total. The minimum atomic E-state index is -0.337. The molecule has 2 heterocycles. The zero-order chi connectivity index (χ0) is 30.5. The number of carbonyl (C=O) groups is 2. The van der Waals surface area contributed by atoms with Crippen LogP contribution in [-0.2, 0) is 22.4 Å². The predicted molar refractivity (Wildman–Crippen MR) is 181 cm³/mol. The van der Waals surface area contributed by atoms with Crippen molar-refractivity contribution in [1.82, 2.24) is 20.6 Å². The number of rotatable bonds is 12. The Bertz CT molecular complexity index is 1450. The number of thioether (sulfide) groups is 2. The van der Waals surface area contributed by atoms with Gasteiger partial charge in [0.15, 0.2) is 0 Å². The Morgan fingerprint density at radius 1 is 0.762 bits per heavy atom. The molecule has 4 rings (SSSR count). The summed E-state index contributed by atoms with van der Waals surface area (Å²) < 4.78 is 1.92. The molecule has 6 N–H and O–H groups in total. The summed E-state index contributed by atoms with van der Waals surface area (Å²) >= 11 is 10.1. The Morgan fingerprint density at radius 2 is 1.17 bits per heavy atom. The van der Waals surface area contributed by atoms with Crippen LogP contribution in [0.1, 0.15) is 11.1 Å². The number of carbonyl (C=O) groups excluding carboxylic acids is 2. The summed E-state index contributed by atoms with van der Waals surface area (Å²) in [6.07, 6.45) is 8.15. The Hall–Kier alpha value is -2.94. The number of H-pyrrole nitrogens is 2. The van der Waals surface area contributed by atoms with Gasteiger partial charge in [0.2, 0.25) is 0 Å². The Morgan fingerprint density at radius 3 is 1.52 bits per heavy atom. The van der Waals surface area contributed by atoms with Crippen LogP contribution in [0.4, 0.5) is 0 Å². The lowest BCUT2D eigenvalue weighted by atomic mass is 10.1. The summed E-state index contributed by atoms with van der Waals surface area (Å²) in [6.45, 7) is 1.11. The maximum Gasteiger partial charge on any atom is 0.269 e. The van der Waals surface area contributed by atoms with Gasteiger partial charge >= 0.3 is 0 Å². The van der Waals surface area contributed by atoms with Crippen LogP contribution in [0, 0.1) is 0 Å². The second-order valence-corrected chi connectivity index (χ2v) is 12.8. The number of aromatic nitrogens is 2. The van der Waals surface area contributed by atoms with Crippen LogP contribution in [0.2, 0.25) is 0 Å². The summed E-state index contributed by atoms with van der Waals surface area (Å²) in [5.41, 5.74) is 4.01. The SMILES string of the molecule is CSCCNC(=O)/C(Cc1c[nH]c2ccc(Br)cc12)=N/O.CSCCNC(=O)/C(Cc1c[nH]c2ccc(Br)cc12)=N/O. The fraction of sp³-hybridized carbons (Fsp3) is 0.286. The number of aromatic amines is 2. The van der Waals surface area contributed by atoms with E-state index in [0.29, 0.717) is 13.1 Å². The lowest BCUT2D eigenvalue weighted by Crippen LogP contribution is -2.33. The zero-order valence-electron chi connectivity index (χ0n) is 23.0. The van der Waals surface area contributed by atoms with E-state index in [1.807, 2.05) is 61.3 Å². The molecule has 0 spiro atoms. The van der Waals surface area contributed by atoms with Crippen molar-refractivity contribution in [3.63, 3.8) is 0 Å². The topological polar surface area (TPSA) is 155 Å². The average Bonchev–Trinajstić information content (AvgIpc) is 3.57. The minimum absolute atomic E-state index is 0.108. The molecule has 0 aliphatic heterocycles. The third kappa shape index (κ3) is 9.54. The van der Waals surface area contributed by atoms with Crippen LogP contribution in [0.3, 0.4) is 0 Å². The van der Waals surface area contributed by atoms with Crippen LogP contribution < -0.4 is 10.6 Å². The van der Waals surface area contributed by atoms with Gasteiger partial charge in [-0.25, -0.2) is 0 Å². The fourth-order valence-electron chi connectivity index (χ4n) is 4.01. The lowest BCUT2D eigenvalue weighted by molar-refractivity contribution is -0.115. The van der Waals surface area contributed by atoms with Crippen molar-refractivity contribution in [2.45, 2.75) is 12.8 Å². The number of amides is 2. The van der Waals surface area contributed by atoms with E-state index in [1.165, 1.54) is 0 Å². The van der Waals surface area contributed by atoms with Gasteiger partial charge in [0.05, 0.1) is 0 Å². The van der Waals surface area contributed by atoms with Gasteiger partial charge in [-0.3, -0.25) is 9.59 Å². The smallest absolute Gasteiger partial charge is 0.269 e. The monoisotopic (exact) mass is 738 g/mol. The van der Waals surface area contributed by atoms with E-state index < -0.39 is 0 Å². The van der Waals surface area contributed by atoms with Crippen LogP contribution >= 0.6 is 55.4 Å². The highest BCUT2D eigenvalue weighted by atomic mass is 79.9.